The summed E-state index contributed by atoms with van der Waals surface area (Å²) in [5, 5.41) is 6.86. The second-order valence-corrected chi connectivity index (χ2v) is 8.20. The standard InChI is InChI=1S/C21H32N4S.HI/c1-22-21(23-12-11-18-5-3-2-4-6-18)24-17-19-7-9-20(10-8-19)25-13-15-26-16-14-25;/h5,7-10H,2-4,6,11-17H2,1H3,(H2,22,23,24);1H. The number of halogens is 1. The molecule has 1 fully saturated rings. The fraction of sp³-hybridized carbons (Fsp3) is 0.571. The summed E-state index contributed by atoms with van der Waals surface area (Å²) in [6, 6.07) is 8.95. The molecule has 1 aliphatic heterocycles. The van der Waals surface area contributed by atoms with Crippen molar-refractivity contribution >= 4 is 47.4 Å². The van der Waals surface area contributed by atoms with Crippen molar-refractivity contribution in [2.24, 2.45) is 4.99 Å². The monoisotopic (exact) mass is 500 g/mol. The molecule has 1 aliphatic carbocycles. The third kappa shape index (κ3) is 7.56. The van der Waals surface area contributed by atoms with Gasteiger partial charge in [0.15, 0.2) is 5.96 Å². The van der Waals surface area contributed by atoms with Crippen LogP contribution in [0.3, 0.4) is 0 Å². The van der Waals surface area contributed by atoms with Crippen LogP contribution >= 0.6 is 35.7 Å². The van der Waals surface area contributed by atoms with Crippen molar-refractivity contribution in [3.8, 4) is 0 Å². The van der Waals surface area contributed by atoms with E-state index in [4.69, 9.17) is 0 Å². The summed E-state index contributed by atoms with van der Waals surface area (Å²) in [7, 11) is 1.84. The number of nitrogens with zero attached hydrogens (tertiary/aromatic N) is 2. The smallest absolute Gasteiger partial charge is 0.191 e. The maximum atomic E-state index is 4.34. The Balaban J connectivity index is 0.00000261. The first-order chi connectivity index (χ1) is 12.8. The summed E-state index contributed by atoms with van der Waals surface area (Å²) in [6.45, 7) is 4.08. The van der Waals surface area contributed by atoms with Gasteiger partial charge in [-0.2, -0.15) is 11.8 Å². The highest BCUT2D eigenvalue weighted by Crippen LogP contribution is 2.20. The molecule has 1 heterocycles. The number of allylic oxidation sites excluding steroid dienone is 1. The molecule has 27 heavy (non-hydrogen) atoms. The van der Waals surface area contributed by atoms with Crippen LogP contribution in [0.5, 0.6) is 0 Å². The first kappa shape index (κ1) is 22.4. The lowest BCUT2D eigenvalue weighted by atomic mass is 9.97. The molecule has 0 radical (unpaired) electrons. The van der Waals surface area contributed by atoms with Crippen LogP contribution in [0, 0.1) is 0 Å². The number of hydrogen-bond donors (Lipinski definition) is 2. The van der Waals surface area contributed by atoms with Crippen molar-refractivity contribution in [2.45, 2.75) is 38.6 Å². The molecule has 6 heteroatoms. The maximum Gasteiger partial charge on any atom is 0.191 e. The zero-order valence-corrected chi connectivity index (χ0v) is 19.5. The van der Waals surface area contributed by atoms with Crippen LogP contribution in [0.25, 0.3) is 0 Å². The van der Waals surface area contributed by atoms with E-state index < -0.39 is 0 Å². The molecule has 0 atom stereocenters. The molecule has 2 aliphatic rings. The summed E-state index contributed by atoms with van der Waals surface area (Å²) in [6.07, 6.45) is 8.79. The van der Waals surface area contributed by atoms with Crippen LogP contribution in [0.2, 0.25) is 0 Å². The number of nitrogens with one attached hydrogen (secondary N) is 2. The van der Waals surface area contributed by atoms with Crippen LogP contribution in [-0.4, -0.2) is 44.1 Å². The van der Waals surface area contributed by atoms with Crippen molar-refractivity contribution in [2.75, 3.05) is 43.1 Å². The molecule has 2 N–H and O–H groups in total. The van der Waals surface area contributed by atoms with Gasteiger partial charge in [0.25, 0.3) is 0 Å². The quantitative estimate of drug-likeness (QED) is 0.263. The Morgan fingerprint density at radius 1 is 1.11 bits per heavy atom. The topological polar surface area (TPSA) is 39.7 Å². The first-order valence-electron chi connectivity index (χ1n) is 9.89. The van der Waals surface area contributed by atoms with Crippen LogP contribution in [0.1, 0.15) is 37.7 Å². The van der Waals surface area contributed by atoms with Crippen molar-refractivity contribution in [3.05, 3.63) is 41.5 Å². The zero-order valence-electron chi connectivity index (χ0n) is 16.4. The average Bonchev–Trinajstić information content (AvgIpc) is 2.72. The largest absolute Gasteiger partial charge is 0.370 e. The van der Waals surface area contributed by atoms with E-state index in [0.717, 1.165) is 38.6 Å². The molecule has 0 amide bonds. The van der Waals surface area contributed by atoms with Crippen molar-refractivity contribution in [1.82, 2.24) is 10.6 Å². The van der Waals surface area contributed by atoms with Gasteiger partial charge in [0, 0.05) is 50.4 Å². The number of rotatable bonds is 6. The van der Waals surface area contributed by atoms with E-state index in [2.05, 4.69) is 62.6 Å². The lowest BCUT2D eigenvalue weighted by Crippen LogP contribution is -2.37. The highest BCUT2D eigenvalue weighted by Gasteiger charge is 2.10. The fourth-order valence-corrected chi connectivity index (χ4v) is 4.43. The Morgan fingerprint density at radius 3 is 2.56 bits per heavy atom. The molecule has 0 saturated carbocycles. The van der Waals surface area contributed by atoms with E-state index in [1.165, 1.54) is 48.4 Å². The molecule has 3 rings (SSSR count). The van der Waals surface area contributed by atoms with Crippen LogP contribution in [0.4, 0.5) is 5.69 Å². The Morgan fingerprint density at radius 2 is 1.89 bits per heavy atom. The van der Waals surface area contributed by atoms with Crippen LogP contribution in [-0.2, 0) is 6.54 Å². The number of hydrogen-bond acceptors (Lipinski definition) is 3. The maximum absolute atomic E-state index is 4.34. The molecule has 0 unspecified atom stereocenters. The first-order valence-corrected chi connectivity index (χ1v) is 11.0. The van der Waals surface area contributed by atoms with E-state index in [0.29, 0.717) is 0 Å². The normalized spacial score (nSPS) is 17.7. The summed E-state index contributed by atoms with van der Waals surface area (Å²) in [5.74, 6) is 3.36. The lowest BCUT2D eigenvalue weighted by molar-refractivity contribution is 0.665. The van der Waals surface area contributed by atoms with Gasteiger partial charge in [-0.25, -0.2) is 0 Å². The summed E-state index contributed by atoms with van der Waals surface area (Å²) in [5.41, 5.74) is 4.24. The highest BCUT2D eigenvalue weighted by atomic mass is 127. The minimum atomic E-state index is 0. The third-order valence-electron chi connectivity index (χ3n) is 5.12. The molecular weight excluding hydrogens is 467 g/mol. The molecule has 150 valence electrons. The SMILES string of the molecule is CN=C(NCCC1=CCCCC1)NCc1ccc(N2CCSCC2)cc1.I. The van der Waals surface area contributed by atoms with Gasteiger partial charge >= 0.3 is 0 Å². The lowest BCUT2D eigenvalue weighted by Gasteiger charge is -2.28. The second-order valence-electron chi connectivity index (χ2n) is 6.98. The molecular formula is C21H33IN4S. The number of anilines is 1. The Kier molecular flexibility index (Phi) is 10.4. The van der Waals surface area contributed by atoms with E-state index in [1.54, 1.807) is 5.57 Å². The predicted molar refractivity (Wildman–Crippen MR) is 131 cm³/mol. The molecule has 0 aromatic heterocycles. The van der Waals surface area contributed by atoms with E-state index in [-0.39, 0.29) is 24.0 Å². The van der Waals surface area contributed by atoms with Gasteiger partial charge in [0.2, 0.25) is 0 Å². The molecule has 1 aromatic carbocycles. The van der Waals surface area contributed by atoms with Gasteiger partial charge in [-0.3, -0.25) is 4.99 Å². The minimum Gasteiger partial charge on any atom is -0.370 e. The van der Waals surface area contributed by atoms with Gasteiger partial charge < -0.3 is 15.5 Å². The van der Waals surface area contributed by atoms with Gasteiger partial charge in [-0.15, -0.1) is 24.0 Å². The average molecular weight is 500 g/mol. The Labute approximate surface area is 185 Å². The summed E-state index contributed by atoms with van der Waals surface area (Å²) < 4.78 is 0. The van der Waals surface area contributed by atoms with E-state index in [1.807, 2.05) is 7.05 Å². The Hall–Kier alpha value is -0.890. The van der Waals surface area contributed by atoms with Crippen molar-refractivity contribution in [3.63, 3.8) is 0 Å². The van der Waals surface area contributed by atoms with E-state index >= 15 is 0 Å². The number of aliphatic imine (C=N–C) groups is 1. The molecule has 0 bridgehead atoms. The predicted octanol–water partition coefficient (Wildman–Crippen LogP) is 4.41. The van der Waals surface area contributed by atoms with Crippen molar-refractivity contribution in [1.29, 1.82) is 0 Å². The molecule has 1 saturated heterocycles. The van der Waals surface area contributed by atoms with Gasteiger partial charge in [-0.05, 0) is 49.8 Å². The van der Waals surface area contributed by atoms with Crippen LogP contribution < -0.4 is 15.5 Å². The van der Waals surface area contributed by atoms with Gasteiger partial charge in [0.05, 0.1) is 0 Å². The number of benzene rings is 1. The number of thioether (sulfide) groups is 1. The summed E-state index contributed by atoms with van der Waals surface area (Å²) >= 11 is 2.05. The van der Waals surface area contributed by atoms with Crippen LogP contribution in [0.15, 0.2) is 40.9 Å². The zero-order chi connectivity index (χ0) is 18.0. The minimum absolute atomic E-state index is 0. The van der Waals surface area contributed by atoms with Gasteiger partial charge in [0.1, 0.15) is 0 Å². The van der Waals surface area contributed by atoms with Crippen molar-refractivity contribution < 1.29 is 0 Å². The fourth-order valence-electron chi connectivity index (χ4n) is 3.53. The number of guanidine groups is 1. The van der Waals surface area contributed by atoms with E-state index in [9.17, 15) is 0 Å². The molecule has 0 spiro atoms. The molecule has 4 nitrogen and oxygen atoms in total. The van der Waals surface area contributed by atoms with Gasteiger partial charge in [-0.1, -0.05) is 23.8 Å². The Bertz CT molecular complexity index is 609. The third-order valence-corrected chi connectivity index (χ3v) is 6.06. The second kappa shape index (κ2) is 12.5. The molecule has 1 aromatic rings. The highest BCUT2D eigenvalue weighted by molar-refractivity contribution is 14.0. The summed E-state index contributed by atoms with van der Waals surface area (Å²) in [4.78, 5) is 6.82.